The summed E-state index contributed by atoms with van der Waals surface area (Å²) in [7, 11) is 3.12. The number of H-pyrrole nitrogens is 1. The van der Waals surface area contributed by atoms with Crippen LogP contribution in [-0.2, 0) is 9.53 Å². The Morgan fingerprint density at radius 3 is 2.56 bits per heavy atom. The van der Waals surface area contributed by atoms with Gasteiger partial charge >= 0.3 is 5.97 Å². The smallest absolute Gasteiger partial charge is 0.365 e. The summed E-state index contributed by atoms with van der Waals surface area (Å²) in [6, 6.07) is 13.3. The van der Waals surface area contributed by atoms with Crippen LogP contribution in [0.4, 0.5) is 5.95 Å². The maximum Gasteiger partial charge on any atom is 0.365 e. The van der Waals surface area contributed by atoms with Crippen molar-refractivity contribution >= 4 is 28.8 Å². The minimum atomic E-state index is -0.463. The fourth-order valence-corrected chi connectivity index (χ4v) is 3.82. The Hall–Kier alpha value is -4.01. The summed E-state index contributed by atoms with van der Waals surface area (Å²) in [4.78, 5) is 29.1. The molecule has 1 saturated heterocycles. The van der Waals surface area contributed by atoms with E-state index in [1.165, 1.54) is 0 Å². The van der Waals surface area contributed by atoms with Crippen molar-refractivity contribution in [1.82, 2.24) is 14.9 Å². The van der Waals surface area contributed by atoms with E-state index < -0.39 is 5.97 Å². The molecular weight excluding hydrogens is 410 g/mol. The Morgan fingerprint density at radius 1 is 1.03 bits per heavy atom. The van der Waals surface area contributed by atoms with Gasteiger partial charge in [-0.3, -0.25) is 0 Å². The average molecular weight is 433 g/mol. The van der Waals surface area contributed by atoms with E-state index in [0.717, 1.165) is 43.2 Å². The largest absolute Gasteiger partial charge is 0.493 e. The van der Waals surface area contributed by atoms with Crippen molar-refractivity contribution < 1.29 is 19.0 Å². The van der Waals surface area contributed by atoms with E-state index in [4.69, 9.17) is 14.2 Å². The lowest BCUT2D eigenvalue weighted by Crippen LogP contribution is -2.44. The highest BCUT2D eigenvalue weighted by Gasteiger charge is 2.27. The van der Waals surface area contributed by atoms with Gasteiger partial charge in [0.2, 0.25) is 11.8 Å². The van der Waals surface area contributed by atoms with Crippen molar-refractivity contribution in [3.63, 3.8) is 0 Å². The maximum absolute atomic E-state index is 12.4. The van der Waals surface area contributed by atoms with E-state index in [-0.39, 0.29) is 11.6 Å². The Balaban J connectivity index is 1.28. The number of esters is 1. The lowest BCUT2D eigenvalue weighted by molar-refractivity contribution is -0.130. The monoisotopic (exact) mass is 433 g/mol. The second-order valence-electron chi connectivity index (χ2n) is 7.49. The van der Waals surface area contributed by atoms with E-state index in [9.17, 15) is 4.79 Å². The molecule has 32 heavy (non-hydrogen) atoms. The second-order valence-corrected chi connectivity index (χ2v) is 7.49. The third kappa shape index (κ3) is 3.73. The first kappa shape index (κ1) is 19.9. The molecule has 2 aromatic carbocycles. The number of carbonyl (C=O) groups excluding carboxylic acids is 1. The molecule has 0 spiro atoms. The summed E-state index contributed by atoms with van der Waals surface area (Å²) in [6.45, 7) is 3.06. The Morgan fingerprint density at radius 2 is 1.81 bits per heavy atom. The van der Waals surface area contributed by atoms with E-state index in [0.29, 0.717) is 17.1 Å². The molecule has 0 bridgehead atoms. The Bertz CT molecular complexity index is 1190. The predicted octanol–water partition coefficient (Wildman–Crippen LogP) is 2.55. The van der Waals surface area contributed by atoms with E-state index in [2.05, 4.69) is 24.8 Å². The summed E-state index contributed by atoms with van der Waals surface area (Å²) in [5.41, 5.74) is 2.91. The maximum atomic E-state index is 12.4. The molecule has 2 aliphatic heterocycles. The number of aliphatic imine (C=N–C) groups is 1. The quantitative estimate of drug-likeness (QED) is 0.488. The molecular formula is C23H23N5O4. The van der Waals surface area contributed by atoms with Crippen molar-refractivity contribution in [1.29, 1.82) is 0 Å². The van der Waals surface area contributed by atoms with Gasteiger partial charge in [-0.2, -0.15) is 0 Å². The lowest BCUT2D eigenvalue weighted by atomic mass is 10.2. The first-order valence-electron chi connectivity index (χ1n) is 10.3. The zero-order valence-electron chi connectivity index (χ0n) is 17.9. The number of rotatable bonds is 5. The lowest BCUT2D eigenvalue weighted by Gasteiger charge is -2.33. The summed E-state index contributed by atoms with van der Waals surface area (Å²) < 4.78 is 16.0. The molecule has 1 fully saturated rings. The fourth-order valence-electron chi connectivity index (χ4n) is 3.82. The van der Waals surface area contributed by atoms with Gasteiger partial charge in [0.1, 0.15) is 0 Å². The molecule has 3 heterocycles. The van der Waals surface area contributed by atoms with E-state index >= 15 is 0 Å². The van der Waals surface area contributed by atoms with Crippen LogP contribution in [0.3, 0.4) is 0 Å². The topological polar surface area (TPSA) is 92.3 Å². The normalized spacial score (nSPS) is 17.6. The molecule has 1 aromatic heterocycles. The average Bonchev–Trinajstić information content (AvgIpc) is 3.42. The number of methoxy groups -OCH3 is 2. The van der Waals surface area contributed by atoms with Crippen LogP contribution < -0.4 is 14.4 Å². The highest BCUT2D eigenvalue weighted by Crippen LogP contribution is 2.29. The Labute approximate surface area is 184 Å². The molecule has 0 aliphatic carbocycles. The standard InChI is InChI=1S/C23H23N5O4/c1-30-19-8-7-15(13-20(19)31-2)21-24-18(22(29)32-21)14-27-9-11-28(12-10-27)23-25-16-5-3-4-6-17(16)26-23/h3-8,13-14H,9-12H2,1-2H3,(H,25,26). The summed E-state index contributed by atoms with van der Waals surface area (Å²) in [5.74, 6) is 1.80. The summed E-state index contributed by atoms with van der Waals surface area (Å²) in [5, 5.41) is 0. The molecule has 9 nitrogen and oxygen atoms in total. The van der Waals surface area contributed by atoms with Crippen LogP contribution in [0, 0.1) is 0 Å². The van der Waals surface area contributed by atoms with Gasteiger partial charge in [0.25, 0.3) is 0 Å². The number of fused-ring (bicyclic) bond motifs is 1. The summed E-state index contributed by atoms with van der Waals surface area (Å²) in [6.07, 6.45) is 1.77. The van der Waals surface area contributed by atoms with Gasteiger partial charge in [-0.15, -0.1) is 0 Å². The number of aromatic amines is 1. The van der Waals surface area contributed by atoms with Gasteiger partial charge in [-0.1, -0.05) is 12.1 Å². The zero-order valence-corrected chi connectivity index (χ0v) is 17.9. The van der Waals surface area contributed by atoms with Crippen molar-refractivity contribution in [3.05, 3.63) is 59.9 Å². The SMILES string of the molecule is COc1ccc(C2=NC(=CN3CCN(c4nc5ccccc5[nH]4)CC3)C(=O)O2)cc1OC. The number of hydrogen-bond donors (Lipinski definition) is 1. The molecule has 0 amide bonds. The minimum Gasteiger partial charge on any atom is -0.493 e. The van der Waals surface area contributed by atoms with Gasteiger partial charge in [0.05, 0.1) is 25.3 Å². The zero-order chi connectivity index (χ0) is 22.1. The van der Waals surface area contributed by atoms with Crippen LogP contribution >= 0.6 is 0 Å². The van der Waals surface area contributed by atoms with Gasteiger partial charge < -0.3 is 29.0 Å². The number of benzene rings is 2. The van der Waals surface area contributed by atoms with Gasteiger partial charge in [-0.05, 0) is 30.3 Å². The first-order chi connectivity index (χ1) is 15.6. The predicted molar refractivity (Wildman–Crippen MR) is 120 cm³/mol. The highest BCUT2D eigenvalue weighted by molar-refractivity contribution is 6.11. The van der Waals surface area contributed by atoms with Crippen LogP contribution in [0.1, 0.15) is 5.56 Å². The van der Waals surface area contributed by atoms with Crippen molar-refractivity contribution in [2.24, 2.45) is 4.99 Å². The van der Waals surface area contributed by atoms with Gasteiger partial charge in [0.15, 0.2) is 17.2 Å². The third-order valence-corrected chi connectivity index (χ3v) is 5.55. The van der Waals surface area contributed by atoms with Crippen LogP contribution in [-0.4, -0.2) is 67.1 Å². The van der Waals surface area contributed by atoms with Crippen LogP contribution in [0.25, 0.3) is 11.0 Å². The molecule has 0 unspecified atom stereocenters. The van der Waals surface area contributed by atoms with Crippen LogP contribution in [0.2, 0.25) is 0 Å². The molecule has 1 N–H and O–H groups in total. The van der Waals surface area contributed by atoms with Crippen molar-refractivity contribution in [3.8, 4) is 11.5 Å². The molecule has 0 radical (unpaired) electrons. The molecule has 164 valence electrons. The van der Waals surface area contributed by atoms with E-state index in [1.807, 2.05) is 24.3 Å². The van der Waals surface area contributed by atoms with Crippen LogP contribution in [0.15, 0.2) is 59.4 Å². The van der Waals surface area contributed by atoms with Gasteiger partial charge in [0, 0.05) is 37.9 Å². The molecule has 2 aliphatic rings. The number of cyclic esters (lactones) is 1. The Kier molecular flexibility index (Phi) is 5.14. The highest BCUT2D eigenvalue weighted by atomic mass is 16.6. The van der Waals surface area contributed by atoms with Crippen LogP contribution in [0.5, 0.6) is 11.5 Å². The number of nitrogens with one attached hydrogen (secondary N) is 1. The molecule has 0 atom stereocenters. The molecule has 5 rings (SSSR count). The molecule has 9 heteroatoms. The molecule has 3 aromatic rings. The third-order valence-electron chi connectivity index (χ3n) is 5.55. The number of anilines is 1. The number of para-hydroxylation sites is 2. The number of aromatic nitrogens is 2. The number of nitrogens with zero attached hydrogens (tertiary/aromatic N) is 4. The number of hydrogen-bond acceptors (Lipinski definition) is 8. The summed E-state index contributed by atoms with van der Waals surface area (Å²) >= 11 is 0. The number of ether oxygens (including phenoxy) is 3. The van der Waals surface area contributed by atoms with Crippen molar-refractivity contribution in [2.45, 2.75) is 0 Å². The minimum absolute atomic E-state index is 0.253. The van der Waals surface area contributed by atoms with Gasteiger partial charge in [-0.25, -0.2) is 14.8 Å². The number of carbonyl (C=O) groups is 1. The fraction of sp³-hybridized carbons (Fsp3) is 0.261. The first-order valence-corrected chi connectivity index (χ1v) is 10.3. The van der Waals surface area contributed by atoms with E-state index in [1.54, 1.807) is 38.6 Å². The molecule has 0 saturated carbocycles. The number of piperazine rings is 1. The van der Waals surface area contributed by atoms with Crippen molar-refractivity contribution in [2.75, 3.05) is 45.3 Å². The second kappa shape index (κ2) is 8.26. The number of imidazole rings is 1.